The van der Waals surface area contributed by atoms with Crippen molar-refractivity contribution in [2.45, 2.75) is 56.5 Å². The SMILES string of the molecule is NS(=O)(=O)OCC[C@@H]1OC2(CCCCC2)O[C@H]1c1ccccc1Cl. The summed E-state index contributed by atoms with van der Waals surface area (Å²) in [5.41, 5.74) is 0.849. The summed E-state index contributed by atoms with van der Waals surface area (Å²) >= 11 is 6.32. The number of nitrogens with two attached hydrogens (primary N) is 1. The average molecular weight is 376 g/mol. The fraction of sp³-hybridized carbons (Fsp3) is 0.625. The summed E-state index contributed by atoms with van der Waals surface area (Å²) in [5, 5.41) is 5.49. The van der Waals surface area contributed by atoms with Gasteiger partial charge in [-0.25, -0.2) is 5.14 Å². The first-order valence-corrected chi connectivity index (χ1v) is 10.0. The fourth-order valence-electron chi connectivity index (χ4n) is 3.46. The van der Waals surface area contributed by atoms with Gasteiger partial charge in [0.05, 0.1) is 12.7 Å². The lowest BCUT2D eigenvalue weighted by Gasteiger charge is -2.32. The monoisotopic (exact) mass is 375 g/mol. The van der Waals surface area contributed by atoms with Crippen LogP contribution in [0.3, 0.4) is 0 Å². The van der Waals surface area contributed by atoms with Crippen molar-refractivity contribution in [1.82, 2.24) is 0 Å². The predicted octanol–water partition coefficient (Wildman–Crippen LogP) is 3.07. The zero-order valence-corrected chi connectivity index (χ0v) is 14.9. The second kappa shape index (κ2) is 7.27. The second-order valence-electron chi connectivity index (χ2n) is 6.29. The Labute approximate surface area is 147 Å². The molecule has 0 bridgehead atoms. The molecular weight excluding hydrogens is 354 g/mol. The Morgan fingerprint density at radius 3 is 2.58 bits per heavy atom. The van der Waals surface area contributed by atoms with Crippen molar-refractivity contribution in [3.8, 4) is 0 Å². The minimum atomic E-state index is -3.96. The molecular formula is C16H22ClNO5S. The Morgan fingerprint density at radius 2 is 1.92 bits per heavy atom. The van der Waals surface area contributed by atoms with Gasteiger partial charge >= 0.3 is 10.3 Å². The molecule has 1 aromatic carbocycles. The summed E-state index contributed by atoms with van der Waals surface area (Å²) in [4.78, 5) is 0. The molecule has 3 rings (SSSR count). The van der Waals surface area contributed by atoms with Crippen LogP contribution in [0.2, 0.25) is 5.02 Å². The lowest BCUT2D eigenvalue weighted by Crippen LogP contribution is -2.33. The van der Waals surface area contributed by atoms with Crippen LogP contribution < -0.4 is 5.14 Å². The number of rotatable bonds is 5. The summed E-state index contributed by atoms with van der Waals surface area (Å²) in [5.74, 6) is -0.603. The predicted molar refractivity (Wildman–Crippen MR) is 89.6 cm³/mol. The largest absolute Gasteiger partial charge is 0.344 e. The molecule has 0 unspecified atom stereocenters. The minimum absolute atomic E-state index is 0.0517. The Hall–Kier alpha value is -0.700. The zero-order chi connectivity index (χ0) is 17.2. The standard InChI is InChI=1S/C16H22ClNO5S/c17-13-7-3-2-6-12(13)15-14(8-11-21-24(18,19)20)22-16(23-15)9-4-1-5-10-16/h2-3,6-7,14-15H,1,4-5,8-11H2,(H2,18,19,20)/t14-,15-/m0/s1. The van der Waals surface area contributed by atoms with Crippen molar-refractivity contribution in [1.29, 1.82) is 0 Å². The molecule has 2 N–H and O–H groups in total. The molecule has 6 nitrogen and oxygen atoms in total. The van der Waals surface area contributed by atoms with E-state index in [1.54, 1.807) is 0 Å². The average Bonchev–Trinajstić information content (AvgIpc) is 2.85. The van der Waals surface area contributed by atoms with Crippen LogP contribution in [0, 0.1) is 0 Å². The lowest BCUT2D eigenvalue weighted by atomic mass is 9.94. The van der Waals surface area contributed by atoms with Gasteiger partial charge in [-0.15, -0.1) is 0 Å². The Morgan fingerprint density at radius 1 is 1.21 bits per heavy atom. The number of halogens is 1. The number of ether oxygens (including phenoxy) is 2. The van der Waals surface area contributed by atoms with Crippen LogP contribution >= 0.6 is 11.6 Å². The molecule has 134 valence electrons. The van der Waals surface area contributed by atoms with Gasteiger partial charge in [0, 0.05) is 29.8 Å². The van der Waals surface area contributed by atoms with Gasteiger partial charge in [-0.3, -0.25) is 4.18 Å². The van der Waals surface area contributed by atoms with Crippen LogP contribution in [0.1, 0.15) is 50.2 Å². The van der Waals surface area contributed by atoms with Gasteiger partial charge in [-0.05, 0) is 18.9 Å². The second-order valence-corrected chi connectivity index (χ2v) is 7.92. The first-order chi connectivity index (χ1) is 11.4. The molecule has 24 heavy (non-hydrogen) atoms. The highest BCUT2D eigenvalue weighted by Gasteiger charge is 2.48. The third-order valence-corrected chi connectivity index (χ3v) is 5.36. The zero-order valence-electron chi connectivity index (χ0n) is 13.3. The third-order valence-electron chi connectivity index (χ3n) is 4.52. The van der Waals surface area contributed by atoms with Gasteiger partial charge in [0.2, 0.25) is 0 Å². The molecule has 1 saturated heterocycles. The smallest absolute Gasteiger partial charge is 0.333 e. The Balaban J connectivity index is 1.78. The van der Waals surface area contributed by atoms with E-state index in [4.69, 9.17) is 26.2 Å². The molecule has 0 radical (unpaired) electrons. The van der Waals surface area contributed by atoms with E-state index in [-0.39, 0.29) is 18.8 Å². The van der Waals surface area contributed by atoms with Crippen LogP contribution in [0.4, 0.5) is 0 Å². The summed E-state index contributed by atoms with van der Waals surface area (Å²) < 4.78 is 39.1. The molecule has 0 amide bonds. The van der Waals surface area contributed by atoms with E-state index in [9.17, 15) is 8.42 Å². The van der Waals surface area contributed by atoms with Crippen molar-refractivity contribution >= 4 is 21.9 Å². The van der Waals surface area contributed by atoms with Crippen LogP contribution in [0.25, 0.3) is 0 Å². The van der Waals surface area contributed by atoms with E-state index < -0.39 is 16.1 Å². The van der Waals surface area contributed by atoms with Crippen LogP contribution in [-0.4, -0.2) is 26.9 Å². The summed E-state index contributed by atoms with van der Waals surface area (Å²) in [6.45, 7) is -0.0517. The molecule has 1 aliphatic carbocycles. The molecule has 2 aliphatic rings. The summed E-state index contributed by atoms with van der Waals surface area (Å²) in [7, 11) is -3.96. The molecule has 1 heterocycles. The van der Waals surface area contributed by atoms with Gasteiger partial charge in [0.15, 0.2) is 5.79 Å². The van der Waals surface area contributed by atoms with Crippen molar-refractivity contribution in [3.05, 3.63) is 34.9 Å². The number of benzene rings is 1. The third kappa shape index (κ3) is 4.28. The first-order valence-electron chi connectivity index (χ1n) is 8.16. The highest BCUT2D eigenvalue weighted by atomic mass is 35.5. The van der Waals surface area contributed by atoms with Gasteiger partial charge in [-0.2, -0.15) is 8.42 Å². The quantitative estimate of drug-likeness (QED) is 0.854. The topological polar surface area (TPSA) is 87.9 Å². The maximum absolute atomic E-state index is 11.0. The highest BCUT2D eigenvalue weighted by molar-refractivity contribution is 7.84. The molecule has 1 aliphatic heterocycles. The van der Waals surface area contributed by atoms with E-state index in [0.29, 0.717) is 11.4 Å². The maximum atomic E-state index is 11.0. The molecule has 8 heteroatoms. The molecule has 1 spiro atoms. The van der Waals surface area contributed by atoms with Gasteiger partial charge in [0.25, 0.3) is 0 Å². The molecule has 1 saturated carbocycles. The molecule has 1 aromatic rings. The minimum Gasteiger partial charge on any atom is -0.344 e. The van der Waals surface area contributed by atoms with Crippen LogP contribution in [0.5, 0.6) is 0 Å². The van der Waals surface area contributed by atoms with Crippen molar-refractivity contribution < 1.29 is 22.1 Å². The molecule has 2 atom stereocenters. The van der Waals surface area contributed by atoms with Gasteiger partial charge in [0.1, 0.15) is 6.10 Å². The van der Waals surface area contributed by atoms with E-state index in [2.05, 4.69) is 4.18 Å². The molecule has 0 aromatic heterocycles. The molecule has 2 fully saturated rings. The van der Waals surface area contributed by atoms with E-state index in [0.717, 1.165) is 31.2 Å². The van der Waals surface area contributed by atoms with E-state index in [1.165, 1.54) is 6.42 Å². The highest BCUT2D eigenvalue weighted by Crippen LogP contribution is 2.48. The number of hydrogen-bond acceptors (Lipinski definition) is 5. The van der Waals surface area contributed by atoms with E-state index >= 15 is 0 Å². The first kappa shape index (κ1) is 18.1. The normalized spacial score (nSPS) is 26.8. The van der Waals surface area contributed by atoms with Crippen molar-refractivity contribution in [2.24, 2.45) is 5.14 Å². The fourth-order valence-corrected chi connectivity index (χ4v) is 4.03. The van der Waals surface area contributed by atoms with Gasteiger partial charge < -0.3 is 9.47 Å². The van der Waals surface area contributed by atoms with E-state index in [1.807, 2.05) is 24.3 Å². The summed E-state index contributed by atoms with van der Waals surface area (Å²) in [6.07, 6.45) is 4.62. The van der Waals surface area contributed by atoms with Crippen LogP contribution in [0.15, 0.2) is 24.3 Å². The van der Waals surface area contributed by atoms with Crippen molar-refractivity contribution in [3.63, 3.8) is 0 Å². The van der Waals surface area contributed by atoms with Gasteiger partial charge in [-0.1, -0.05) is 36.2 Å². The summed E-state index contributed by atoms with van der Waals surface area (Å²) in [6, 6.07) is 7.47. The Kier molecular flexibility index (Phi) is 5.48. The van der Waals surface area contributed by atoms with Crippen molar-refractivity contribution in [2.75, 3.05) is 6.61 Å². The number of hydrogen-bond donors (Lipinski definition) is 1. The Bertz CT molecular complexity index is 675. The van der Waals surface area contributed by atoms with Crippen LogP contribution in [-0.2, 0) is 24.0 Å². The maximum Gasteiger partial charge on any atom is 0.333 e. The lowest BCUT2D eigenvalue weighted by molar-refractivity contribution is -0.195.